The molecule has 2 unspecified atom stereocenters. The second-order valence-corrected chi connectivity index (χ2v) is 4.46. The van der Waals surface area contributed by atoms with Crippen molar-refractivity contribution in [2.45, 2.75) is 31.5 Å². The summed E-state index contributed by atoms with van der Waals surface area (Å²) >= 11 is 0. The molecule has 2 aliphatic heterocycles. The first kappa shape index (κ1) is 11.3. The minimum Gasteiger partial charge on any atom is -0.380 e. The molecule has 2 aliphatic rings. The van der Waals surface area contributed by atoms with Crippen molar-refractivity contribution in [3.05, 3.63) is 0 Å². The SMILES string of the molecule is NCC1CCC(CN2CCCOCC2)O1. The van der Waals surface area contributed by atoms with E-state index in [9.17, 15) is 0 Å². The van der Waals surface area contributed by atoms with Gasteiger partial charge < -0.3 is 15.2 Å². The highest BCUT2D eigenvalue weighted by atomic mass is 16.5. The van der Waals surface area contributed by atoms with Crippen LogP contribution in [0.3, 0.4) is 0 Å². The lowest BCUT2D eigenvalue weighted by molar-refractivity contribution is 0.0265. The van der Waals surface area contributed by atoms with Gasteiger partial charge in [-0.3, -0.25) is 4.90 Å². The third-order valence-corrected chi connectivity index (χ3v) is 3.24. The Morgan fingerprint density at radius 3 is 2.80 bits per heavy atom. The number of nitrogens with two attached hydrogens (primary N) is 1. The topological polar surface area (TPSA) is 47.7 Å². The largest absolute Gasteiger partial charge is 0.380 e. The number of ether oxygens (including phenoxy) is 2. The highest BCUT2D eigenvalue weighted by molar-refractivity contribution is 4.77. The summed E-state index contributed by atoms with van der Waals surface area (Å²) in [6.07, 6.45) is 4.15. The molecule has 2 rings (SSSR count). The van der Waals surface area contributed by atoms with Crippen molar-refractivity contribution >= 4 is 0 Å². The van der Waals surface area contributed by atoms with Gasteiger partial charge in [0.25, 0.3) is 0 Å². The van der Waals surface area contributed by atoms with Gasteiger partial charge >= 0.3 is 0 Å². The second-order valence-electron chi connectivity index (χ2n) is 4.46. The molecule has 4 nitrogen and oxygen atoms in total. The molecular weight excluding hydrogens is 192 g/mol. The van der Waals surface area contributed by atoms with Crippen LogP contribution >= 0.6 is 0 Å². The fraction of sp³-hybridized carbons (Fsp3) is 1.00. The lowest BCUT2D eigenvalue weighted by atomic mass is 10.2. The first-order valence-electron chi connectivity index (χ1n) is 6.04. The average molecular weight is 214 g/mol. The van der Waals surface area contributed by atoms with E-state index in [1.54, 1.807) is 0 Å². The van der Waals surface area contributed by atoms with Crippen LogP contribution in [0.2, 0.25) is 0 Å². The number of hydrogen-bond acceptors (Lipinski definition) is 4. The average Bonchev–Trinajstić information content (AvgIpc) is 2.54. The van der Waals surface area contributed by atoms with Crippen LogP contribution in [-0.2, 0) is 9.47 Å². The molecule has 0 bridgehead atoms. The van der Waals surface area contributed by atoms with Gasteiger partial charge in [-0.05, 0) is 19.3 Å². The molecule has 2 N–H and O–H groups in total. The third kappa shape index (κ3) is 3.41. The zero-order valence-electron chi connectivity index (χ0n) is 9.36. The molecule has 0 saturated carbocycles. The van der Waals surface area contributed by atoms with Crippen LogP contribution in [0.25, 0.3) is 0 Å². The van der Waals surface area contributed by atoms with Gasteiger partial charge in [-0.1, -0.05) is 0 Å². The van der Waals surface area contributed by atoms with Gasteiger partial charge in [-0.25, -0.2) is 0 Å². The first-order valence-corrected chi connectivity index (χ1v) is 6.04. The number of nitrogens with zero attached hydrogens (tertiary/aromatic N) is 1. The summed E-state index contributed by atoms with van der Waals surface area (Å²) in [6.45, 7) is 5.69. The van der Waals surface area contributed by atoms with E-state index in [2.05, 4.69) is 4.90 Å². The van der Waals surface area contributed by atoms with Crippen molar-refractivity contribution in [1.82, 2.24) is 4.90 Å². The molecule has 4 heteroatoms. The zero-order chi connectivity index (χ0) is 10.5. The van der Waals surface area contributed by atoms with Gasteiger partial charge in [0.05, 0.1) is 18.8 Å². The van der Waals surface area contributed by atoms with Crippen molar-refractivity contribution in [3.8, 4) is 0 Å². The Balaban J connectivity index is 1.71. The fourth-order valence-electron chi connectivity index (χ4n) is 2.36. The number of rotatable bonds is 3. The molecular formula is C11H22N2O2. The maximum Gasteiger partial charge on any atom is 0.0707 e. The summed E-state index contributed by atoms with van der Waals surface area (Å²) < 4.78 is 11.3. The third-order valence-electron chi connectivity index (χ3n) is 3.24. The molecule has 2 heterocycles. The van der Waals surface area contributed by atoms with Crippen molar-refractivity contribution in [1.29, 1.82) is 0 Å². The Bertz CT molecular complexity index is 181. The Kier molecular flexibility index (Phi) is 4.38. The number of hydrogen-bond donors (Lipinski definition) is 1. The smallest absolute Gasteiger partial charge is 0.0707 e. The highest BCUT2D eigenvalue weighted by Crippen LogP contribution is 2.20. The Labute approximate surface area is 91.7 Å². The minimum atomic E-state index is 0.304. The summed E-state index contributed by atoms with van der Waals surface area (Å²) in [4.78, 5) is 2.45. The van der Waals surface area contributed by atoms with Crippen LogP contribution in [0.4, 0.5) is 0 Å². The van der Waals surface area contributed by atoms with Crippen LogP contribution in [0, 0.1) is 0 Å². The maximum absolute atomic E-state index is 5.85. The van der Waals surface area contributed by atoms with Crippen molar-refractivity contribution in [2.75, 3.05) is 39.4 Å². The van der Waals surface area contributed by atoms with E-state index in [-0.39, 0.29) is 0 Å². The predicted molar refractivity (Wildman–Crippen MR) is 58.8 cm³/mol. The molecule has 2 atom stereocenters. The van der Waals surface area contributed by atoms with Crippen LogP contribution in [-0.4, -0.2) is 56.5 Å². The monoisotopic (exact) mass is 214 g/mol. The highest BCUT2D eigenvalue weighted by Gasteiger charge is 2.25. The van der Waals surface area contributed by atoms with E-state index >= 15 is 0 Å². The molecule has 2 fully saturated rings. The molecule has 0 aliphatic carbocycles. The summed E-state index contributed by atoms with van der Waals surface area (Å²) in [6, 6.07) is 0. The normalized spacial score (nSPS) is 34.2. The van der Waals surface area contributed by atoms with E-state index in [0.29, 0.717) is 18.8 Å². The predicted octanol–water partition coefficient (Wildman–Crippen LogP) is 0.215. The van der Waals surface area contributed by atoms with Gasteiger partial charge in [0, 0.05) is 32.8 Å². The van der Waals surface area contributed by atoms with Gasteiger partial charge in [0.1, 0.15) is 0 Å². The molecule has 2 saturated heterocycles. The van der Waals surface area contributed by atoms with E-state index < -0.39 is 0 Å². The lowest BCUT2D eigenvalue weighted by Gasteiger charge is -2.23. The van der Waals surface area contributed by atoms with Gasteiger partial charge in [-0.2, -0.15) is 0 Å². The Morgan fingerprint density at radius 1 is 1.13 bits per heavy atom. The maximum atomic E-state index is 5.85. The minimum absolute atomic E-state index is 0.304. The fourth-order valence-corrected chi connectivity index (χ4v) is 2.36. The molecule has 88 valence electrons. The first-order chi connectivity index (χ1) is 7.38. The van der Waals surface area contributed by atoms with Crippen LogP contribution < -0.4 is 5.73 Å². The van der Waals surface area contributed by atoms with E-state index in [4.69, 9.17) is 15.2 Å². The molecule has 0 aromatic heterocycles. The van der Waals surface area contributed by atoms with E-state index in [1.807, 2.05) is 0 Å². The molecule has 0 spiro atoms. The van der Waals surface area contributed by atoms with Crippen LogP contribution in [0.5, 0.6) is 0 Å². The lowest BCUT2D eigenvalue weighted by Crippen LogP contribution is -2.35. The Morgan fingerprint density at radius 2 is 2.00 bits per heavy atom. The van der Waals surface area contributed by atoms with Gasteiger partial charge in [0.15, 0.2) is 0 Å². The van der Waals surface area contributed by atoms with Gasteiger partial charge in [0.2, 0.25) is 0 Å². The van der Waals surface area contributed by atoms with Gasteiger partial charge in [-0.15, -0.1) is 0 Å². The second kappa shape index (κ2) is 5.80. The van der Waals surface area contributed by atoms with Crippen LogP contribution in [0.1, 0.15) is 19.3 Å². The molecule has 0 amide bonds. The molecule has 15 heavy (non-hydrogen) atoms. The summed E-state index contributed by atoms with van der Waals surface area (Å²) in [7, 11) is 0. The quantitative estimate of drug-likeness (QED) is 0.730. The summed E-state index contributed by atoms with van der Waals surface area (Å²) in [5.74, 6) is 0. The van der Waals surface area contributed by atoms with Crippen molar-refractivity contribution in [2.24, 2.45) is 5.73 Å². The summed E-state index contributed by atoms with van der Waals surface area (Å²) in [5, 5.41) is 0. The van der Waals surface area contributed by atoms with E-state index in [1.165, 1.54) is 6.42 Å². The van der Waals surface area contributed by atoms with Crippen molar-refractivity contribution < 1.29 is 9.47 Å². The standard InChI is InChI=1S/C11H22N2O2/c12-8-10-2-3-11(15-10)9-13-4-1-6-14-7-5-13/h10-11H,1-9,12H2. The van der Waals surface area contributed by atoms with E-state index in [0.717, 1.165) is 45.7 Å². The molecule has 0 aromatic rings. The van der Waals surface area contributed by atoms with Crippen LogP contribution in [0.15, 0.2) is 0 Å². The summed E-state index contributed by atoms with van der Waals surface area (Å²) in [5.41, 5.74) is 5.60. The zero-order valence-corrected chi connectivity index (χ0v) is 9.36. The molecule has 0 aromatic carbocycles. The van der Waals surface area contributed by atoms with Crippen molar-refractivity contribution in [3.63, 3.8) is 0 Å². The Hall–Kier alpha value is -0.160. The molecule has 0 radical (unpaired) electrons.